The van der Waals surface area contributed by atoms with Crippen molar-refractivity contribution >= 4 is 5.91 Å². The van der Waals surface area contributed by atoms with Crippen molar-refractivity contribution in [2.75, 3.05) is 6.61 Å². The zero-order valence-corrected chi connectivity index (χ0v) is 12.6. The second-order valence-electron chi connectivity index (χ2n) is 6.02. The molecule has 3 atom stereocenters. The van der Waals surface area contributed by atoms with Crippen LogP contribution >= 0.6 is 0 Å². The fourth-order valence-electron chi connectivity index (χ4n) is 3.34. The van der Waals surface area contributed by atoms with Crippen LogP contribution in [-0.2, 0) is 9.53 Å². The van der Waals surface area contributed by atoms with Crippen molar-refractivity contribution in [2.45, 2.75) is 38.1 Å². The zero-order valence-electron chi connectivity index (χ0n) is 12.6. The third kappa shape index (κ3) is 2.20. The molecule has 0 radical (unpaired) electrons. The molecule has 0 N–H and O–H groups in total. The Bertz CT molecular complexity index is 643. The molecule has 1 aromatic rings. The van der Waals surface area contributed by atoms with Gasteiger partial charge >= 0.3 is 0 Å². The first-order valence-electron chi connectivity index (χ1n) is 7.28. The minimum absolute atomic E-state index is 0.109. The van der Waals surface area contributed by atoms with Gasteiger partial charge in [0.2, 0.25) is 6.04 Å². The Hall–Kier alpha value is -2.21. The van der Waals surface area contributed by atoms with E-state index in [0.29, 0.717) is 5.57 Å². The number of ether oxygens (including phenoxy) is 1. The van der Waals surface area contributed by atoms with E-state index < -0.39 is 17.8 Å². The lowest BCUT2D eigenvalue weighted by Gasteiger charge is -2.32. The molecule has 0 saturated carbocycles. The van der Waals surface area contributed by atoms with Crippen molar-refractivity contribution in [3.8, 4) is 0 Å². The normalized spacial score (nSPS) is 28.5. The van der Waals surface area contributed by atoms with Gasteiger partial charge in [0.15, 0.2) is 6.23 Å². The molecule has 1 amide bonds. The summed E-state index contributed by atoms with van der Waals surface area (Å²) < 4.78 is 5.85. The molecule has 1 unspecified atom stereocenters. The molecule has 1 fully saturated rings. The van der Waals surface area contributed by atoms with Crippen LogP contribution in [0.5, 0.6) is 0 Å². The maximum Gasteiger partial charge on any atom is 0.252 e. The van der Waals surface area contributed by atoms with Gasteiger partial charge < -0.3 is 4.74 Å². The molecule has 0 spiro atoms. The molecular weight excluding hydrogens is 284 g/mol. The van der Waals surface area contributed by atoms with E-state index in [0.717, 1.165) is 5.56 Å². The third-order valence-corrected chi connectivity index (χ3v) is 4.34. The van der Waals surface area contributed by atoms with Crippen LogP contribution in [-0.4, -0.2) is 33.9 Å². The van der Waals surface area contributed by atoms with Crippen LogP contribution in [0.25, 0.3) is 0 Å². The summed E-state index contributed by atoms with van der Waals surface area (Å²) in [5.74, 6) is -0.109. The number of hydrogen-bond acceptors (Lipinski definition) is 4. The maximum atomic E-state index is 12.5. The van der Waals surface area contributed by atoms with Gasteiger partial charge in [-0.05, 0) is 13.0 Å². The van der Waals surface area contributed by atoms with Crippen molar-refractivity contribution in [3.05, 3.63) is 57.7 Å². The molecule has 2 aliphatic heterocycles. The number of nitrogens with zero attached hydrogens (tertiary/aromatic N) is 2. The largest absolute Gasteiger partial charge is 0.351 e. The first kappa shape index (κ1) is 14.7. The first-order valence-corrected chi connectivity index (χ1v) is 7.28. The van der Waals surface area contributed by atoms with Gasteiger partial charge in [-0.15, -0.1) is 0 Å². The van der Waals surface area contributed by atoms with Gasteiger partial charge in [0.05, 0.1) is 12.1 Å². The number of hydrogen-bond donors (Lipinski definition) is 0. The quantitative estimate of drug-likeness (QED) is 0.632. The number of benzene rings is 1. The molecule has 0 aromatic heterocycles. The van der Waals surface area contributed by atoms with E-state index in [4.69, 9.17) is 4.74 Å². The lowest BCUT2D eigenvalue weighted by Crippen LogP contribution is -2.47. The second kappa shape index (κ2) is 5.21. The van der Waals surface area contributed by atoms with Crippen LogP contribution < -0.4 is 0 Å². The van der Waals surface area contributed by atoms with Crippen molar-refractivity contribution in [1.29, 1.82) is 0 Å². The van der Waals surface area contributed by atoms with Gasteiger partial charge in [0.25, 0.3) is 5.91 Å². The summed E-state index contributed by atoms with van der Waals surface area (Å²) in [4.78, 5) is 24.9. The van der Waals surface area contributed by atoms with Crippen LogP contribution in [0, 0.1) is 10.1 Å². The number of fused-ring (bicyclic) bond motifs is 1. The number of carbonyl (C=O) groups excluding carboxylic acids is 1. The summed E-state index contributed by atoms with van der Waals surface area (Å²) >= 11 is 0. The fraction of sp³-hybridized carbons (Fsp3) is 0.438. The summed E-state index contributed by atoms with van der Waals surface area (Å²) in [5, 5.41) is 11.0. The minimum Gasteiger partial charge on any atom is -0.351 e. The SMILES string of the molecule is CC1=C[C@]2(CC(C)[N+](=O)[O-])CO[C@H](c3ccccc3)N2C1=O. The van der Waals surface area contributed by atoms with Crippen molar-refractivity contribution in [3.63, 3.8) is 0 Å². The van der Waals surface area contributed by atoms with Crippen LogP contribution in [0.2, 0.25) is 0 Å². The second-order valence-corrected chi connectivity index (χ2v) is 6.02. The molecule has 0 aliphatic carbocycles. The third-order valence-electron chi connectivity index (χ3n) is 4.34. The van der Waals surface area contributed by atoms with Crippen LogP contribution in [0.15, 0.2) is 42.0 Å². The van der Waals surface area contributed by atoms with Gasteiger partial charge in [-0.3, -0.25) is 19.8 Å². The molecule has 1 aromatic carbocycles. The Morgan fingerprint density at radius 2 is 2.14 bits per heavy atom. The molecule has 116 valence electrons. The topological polar surface area (TPSA) is 72.7 Å². The highest BCUT2D eigenvalue weighted by molar-refractivity contribution is 5.97. The molecule has 22 heavy (non-hydrogen) atoms. The number of carbonyl (C=O) groups is 1. The Morgan fingerprint density at radius 1 is 1.45 bits per heavy atom. The van der Waals surface area contributed by atoms with E-state index in [2.05, 4.69) is 0 Å². The highest BCUT2D eigenvalue weighted by atomic mass is 16.6. The maximum absolute atomic E-state index is 12.5. The van der Waals surface area contributed by atoms with Gasteiger partial charge in [-0.2, -0.15) is 0 Å². The lowest BCUT2D eigenvalue weighted by molar-refractivity contribution is -0.520. The summed E-state index contributed by atoms with van der Waals surface area (Å²) in [7, 11) is 0. The Balaban J connectivity index is 1.96. The molecule has 2 heterocycles. The van der Waals surface area contributed by atoms with Crippen molar-refractivity contribution in [2.24, 2.45) is 0 Å². The van der Waals surface area contributed by atoms with Crippen LogP contribution in [0.3, 0.4) is 0 Å². The van der Waals surface area contributed by atoms with E-state index in [-0.39, 0.29) is 23.9 Å². The number of nitro groups is 1. The summed E-state index contributed by atoms with van der Waals surface area (Å²) in [6.07, 6.45) is 1.60. The van der Waals surface area contributed by atoms with Gasteiger partial charge in [0, 0.05) is 29.4 Å². The Morgan fingerprint density at radius 3 is 2.77 bits per heavy atom. The molecule has 2 aliphatic rings. The first-order chi connectivity index (χ1) is 10.4. The summed E-state index contributed by atoms with van der Waals surface area (Å²) in [5.41, 5.74) is 0.795. The van der Waals surface area contributed by atoms with E-state index in [1.54, 1.807) is 18.7 Å². The highest BCUT2D eigenvalue weighted by Gasteiger charge is 2.55. The average Bonchev–Trinajstić information content (AvgIpc) is 2.96. The highest BCUT2D eigenvalue weighted by Crippen LogP contribution is 2.45. The lowest BCUT2D eigenvalue weighted by atomic mass is 9.92. The van der Waals surface area contributed by atoms with E-state index in [1.165, 1.54) is 0 Å². The van der Waals surface area contributed by atoms with Gasteiger partial charge in [0.1, 0.15) is 0 Å². The minimum atomic E-state index is -0.740. The van der Waals surface area contributed by atoms with Crippen molar-refractivity contribution in [1.82, 2.24) is 4.90 Å². The molecule has 6 heteroatoms. The van der Waals surface area contributed by atoms with E-state index in [1.807, 2.05) is 36.4 Å². The predicted octanol–water partition coefficient (Wildman–Crippen LogP) is 2.30. The summed E-state index contributed by atoms with van der Waals surface area (Å²) in [6, 6.07) is 8.74. The van der Waals surface area contributed by atoms with Crippen LogP contribution in [0.1, 0.15) is 32.1 Å². The van der Waals surface area contributed by atoms with E-state index >= 15 is 0 Å². The smallest absolute Gasteiger partial charge is 0.252 e. The van der Waals surface area contributed by atoms with Crippen LogP contribution in [0.4, 0.5) is 0 Å². The monoisotopic (exact) mass is 302 g/mol. The standard InChI is InChI=1S/C16H18N2O4/c1-11-8-16(9-12(2)18(20)21)10-22-15(17(16)14(11)19)13-6-4-3-5-7-13/h3-8,12,15H,9-10H2,1-2H3/t12?,15-,16+/m1/s1. The average molecular weight is 302 g/mol. The summed E-state index contributed by atoms with van der Waals surface area (Å²) in [6.45, 7) is 3.60. The van der Waals surface area contributed by atoms with Gasteiger partial charge in [-0.25, -0.2) is 0 Å². The molecule has 1 saturated heterocycles. The number of rotatable bonds is 4. The zero-order chi connectivity index (χ0) is 15.9. The van der Waals surface area contributed by atoms with E-state index in [9.17, 15) is 14.9 Å². The van der Waals surface area contributed by atoms with Crippen molar-refractivity contribution < 1.29 is 14.5 Å². The molecule has 0 bridgehead atoms. The molecule has 3 rings (SSSR count). The fourth-order valence-corrected chi connectivity index (χ4v) is 3.34. The molecule has 6 nitrogen and oxygen atoms in total. The Kier molecular flexibility index (Phi) is 3.48. The Labute approximate surface area is 128 Å². The number of amides is 1. The molecular formula is C16H18N2O4. The van der Waals surface area contributed by atoms with Gasteiger partial charge in [-0.1, -0.05) is 30.3 Å². The predicted molar refractivity (Wildman–Crippen MR) is 79.5 cm³/mol.